The second-order valence-electron chi connectivity index (χ2n) is 5.20. The van der Waals surface area contributed by atoms with Crippen LogP contribution in [0.5, 0.6) is 11.6 Å². The van der Waals surface area contributed by atoms with Gasteiger partial charge < -0.3 is 9.15 Å². The molecule has 3 rings (SSSR count). The fourth-order valence-electron chi connectivity index (χ4n) is 2.12. The van der Waals surface area contributed by atoms with Gasteiger partial charge in [-0.3, -0.25) is 4.79 Å². The van der Waals surface area contributed by atoms with E-state index >= 15 is 0 Å². The minimum Gasteiger partial charge on any atom is -0.453 e. The van der Waals surface area contributed by atoms with Gasteiger partial charge in [0.05, 0.1) is 15.6 Å². The highest BCUT2D eigenvalue weighted by atomic mass is 35.5. The summed E-state index contributed by atoms with van der Waals surface area (Å²) in [4.78, 5) is 14.3. The zero-order chi connectivity index (χ0) is 19.8. The normalized spacial score (nSPS) is 11.5. The lowest BCUT2D eigenvalue weighted by Gasteiger charge is -2.12. The number of furan rings is 1. The third kappa shape index (κ3) is 4.21. The molecule has 0 bridgehead atoms. The van der Waals surface area contributed by atoms with Crippen molar-refractivity contribution in [3.8, 4) is 23.0 Å². The predicted molar refractivity (Wildman–Crippen MR) is 93.9 cm³/mol. The number of alkyl halides is 3. The summed E-state index contributed by atoms with van der Waals surface area (Å²) in [5.41, 5.74) is -0.548. The van der Waals surface area contributed by atoms with Gasteiger partial charge in [-0.25, -0.2) is 4.98 Å². The van der Waals surface area contributed by atoms with E-state index in [9.17, 15) is 18.0 Å². The minimum atomic E-state index is -4.59. The van der Waals surface area contributed by atoms with Crippen molar-refractivity contribution in [2.24, 2.45) is 0 Å². The number of rotatable bonds is 4. The van der Waals surface area contributed by atoms with E-state index in [2.05, 4.69) is 4.98 Å². The number of aromatic nitrogens is 1. The van der Waals surface area contributed by atoms with Gasteiger partial charge in [0.25, 0.3) is 0 Å². The highest BCUT2D eigenvalue weighted by Crippen LogP contribution is 2.42. The van der Waals surface area contributed by atoms with Gasteiger partial charge in [-0.05, 0) is 30.3 Å². The van der Waals surface area contributed by atoms with Gasteiger partial charge >= 0.3 is 6.18 Å². The Balaban J connectivity index is 1.93. The number of ether oxygens (including phenoxy) is 1. The van der Waals surface area contributed by atoms with Gasteiger partial charge in [-0.2, -0.15) is 13.2 Å². The molecular formula is C17H7Cl3F3NO3. The summed E-state index contributed by atoms with van der Waals surface area (Å²) in [6.07, 6.45) is -3.46. The first-order valence-electron chi connectivity index (χ1n) is 7.14. The Bertz CT molecular complexity index is 995. The van der Waals surface area contributed by atoms with E-state index in [1.165, 1.54) is 18.2 Å². The maximum atomic E-state index is 12.7. The lowest BCUT2D eigenvalue weighted by atomic mass is 10.1. The molecule has 27 heavy (non-hydrogen) atoms. The Morgan fingerprint density at radius 2 is 1.70 bits per heavy atom. The van der Waals surface area contributed by atoms with E-state index < -0.39 is 11.7 Å². The Morgan fingerprint density at radius 1 is 1.04 bits per heavy atom. The number of hydrogen-bond donors (Lipinski definition) is 0. The van der Waals surface area contributed by atoms with Crippen LogP contribution in [0.4, 0.5) is 13.2 Å². The molecule has 0 saturated heterocycles. The van der Waals surface area contributed by atoms with Gasteiger partial charge in [0, 0.05) is 11.8 Å². The average molecular weight is 437 g/mol. The summed E-state index contributed by atoms with van der Waals surface area (Å²) in [6, 6.07) is 6.62. The Kier molecular flexibility index (Phi) is 5.37. The van der Waals surface area contributed by atoms with E-state index in [4.69, 9.17) is 44.0 Å². The molecule has 0 saturated carbocycles. The van der Waals surface area contributed by atoms with Gasteiger partial charge in [0.15, 0.2) is 17.8 Å². The number of nitrogens with zero attached hydrogens (tertiary/aromatic N) is 1. The standard InChI is InChI=1S/C17H7Cl3F3NO3/c18-11-3-8(14-2-1-10(7-25)26-14)4-12(19)15(11)27-16-13(20)5-9(6-24-16)17(21,22)23/h1-7H. The highest BCUT2D eigenvalue weighted by Gasteiger charge is 2.32. The SMILES string of the molecule is O=Cc1ccc(-c2cc(Cl)c(Oc3ncc(C(F)(F)F)cc3Cl)c(Cl)c2)o1. The molecule has 4 nitrogen and oxygen atoms in total. The fourth-order valence-corrected chi connectivity index (χ4v) is 2.89. The van der Waals surface area contributed by atoms with E-state index in [-0.39, 0.29) is 32.5 Å². The summed E-state index contributed by atoms with van der Waals surface area (Å²) < 4.78 is 48.7. The molecule has 140 valence electrons. The third-order valence-electron chi connectivity index (χ3n) is 3.36. The van der Waals surface area contributed by atoms with Crippen LogP contribution >= 0.6 is 34.8 Å². The van der Waals surface area contributed by atoms with Crippen molar-refractivity contribution < 1.29 is 27.1 Å². The molecule has 0 radical (unpaired) electrons. The number of carbonyl (C=O) groups is 1. The first kappa shape index (κ1) is 19.5. The number of carbonyl (C=O) groups excluding carboxylic acids is 1. The van der Waals surface area contributed by atoms with Crippen molar-refractivity contribution in [2.45, 2.75) is 6.18 Å². The quantitative estimate of drug-likeness (QED) is 0.416. The van der Waals surface area contributed by atoms with Crippen LogP contribution in [0.25, 0.3) is 11.3 Å². The van der Waals surface area contributed by atoms with Crippen molar-refractivity contribution in [3.05, 3.63) is 62.9 Å². The van der Waals surface area contributed by atoms with Crippen LogP contribution in [-0.4, -0.2) is 11.3 Å². The number of hydrogen-bond acceptors (Lipinski definition) is 4. The molecule has 3 aromatic rings. The first-order valence-corrected chi connectivity index (χ1v) is 8.27. The van der Waals surface area contributed by atoms with E-state index in [1.807, 2.05) is 0 Å². The Labute approximate surface area is 165 Å². The highest BCUT2D eigenvalue weighted by molar-refractivity contribution is 6.37. The maximum absolute atomic E-state index is 12.7. The fraction of sp³-hybridized carbons (Fsp3) is 0.0588. The smallest absolute Gasteiger partial charge is 0.417 e. The number of benzene rings is 1. The van der Waals surface area contributed by atoms with Crippen LogP contribution < -0.4 is 4.74 Å². The third-order valence-corrected chi connectivity index (χ3v) is 4.19. The van der Waals surface area contributed by atoms with Gasteiger partial charge in [0.2, 0.25) is 5.88 Å². The summed E-state index contributed by atoms with van der Waals surface area (Å²) in [5.74, 6) is 0.136. The second kappa shape index (κ2) is 7.42. The van der Waals surface area contributed by atoms with Crippen LogP contribution in [0.2, 0.25) is 15.1 Å². The number of halogens is 6. The van der Waals surface area contributed by atoms with Crippen molar-refractivity contribution in [2.75, 3.05) is 0 Å². The van der Waals surface area contributed by atoms with E-state index in [0.717, 1.165) is 0 Å². The Morgan fingerprint density at radius 3 is 2.22 bits per heavy atom. The molecule has 0 atom stereocenters. The molecule has 0 aliphatic rings. The van der Waals surface area contributed by atoms with E-state index in [1.54, 1.807) is 6.07 Å². The molecule has 0 spiro atoms. The monoisotopic (exact) mass is 435 g/mol. The molecule has 0 aliphatic carbocycles. The van der Waals surface area contributed by atoms with Crippen LogP contribution in [0.3, 0.4) is 0 Å². The van der Waals surface area contributed by atoms with Crippen LogP contribution in [0.1, 0.15) is 16.1 Å². The molecular weight excluding hydrogens is 430 g/mol. The van der Waals surface area contributed by atoms with Gasteiger partial charge in [-0.15, -0.1) is 0 Å². The molecule has 1 aromatic carbocycles. The summed E-state index contributed by atoms with van der Waals surface area (Å²) >= 11 is 18.1. The van der Waals surface area contributed by atoms with Crippen molar-refractivity contribution in [3.63, 3.8) is 0 Å². The zero-order valence-corrected chi connectivity index (χ0v) is 15.2. The first-order chi connectivity index (χ1) is 12.7. The second-order valence-corrected chi connectivity index (χ2v) is 6.42. The average Bonchev–Trinajstić information content (AvgIpc) is 3.07. The topological polar surface area (TPSA) is 52.3 Å². The summed E-state index contributed by atoms with van der Waals surface area (Å²) in [6.45, 7) is 0. The molecule has 2 heterocycles. The van der Waals surface area contributed by atoms with E-state index in [0.29, 0.717) is 29.9 Å². The minimum absolute atomic E-state index is 0.0410. The molecule has 0 aliphatic heterocycles. The largest absolute Gasteiger partial charge is 0.453 e. The molecule has 2 aromatic heterocycles. The number of pyridine rings is 1. The van der Waals surface area contributed by atoms with Gasteiger partial charge in [-0.1, -0.05) is 34.8 Å². The molecule has 0 unspecified atom stereocenters. The van der Waals surface area contributed by atoms with Crippen molar-refractivity contribution in [1.82, 2.24) is 4.98 Å². The number of aldehydes is 1. The lowest BCUT2D eigenvalue weighted by Crippen LogP contribution is -2.05. The molecule has 0 fully saturated rings. The summed E-state index contributed by atoms with van der Waals surface area (Å²) in [7, 11) is 0. The van der Waals surface area contributed by atoms with Crippen LogP contribution in [0.15, 0.2) is 40.9 Å². The molecule has 10 heteroatoms. The van der Waals surface area contributed by atoms with Crippen molar-refractivity contribution >= 4 is 41.1 Å². The predicted octanol–water partition coefficient (Wildman–Crippen LogP) is 6.93. The summed E-state index contributed by atoms with van der Waals surface area (Å²) in [5, 5.41) is -0.277. The Hall–Kier alpha value is -2.22. The molecule has 0 amide bonds. The van der Waals surface area contributed by atoms with Crippen molar-refractivity contribution in [1.29, 1.82) is 0 Å². The van der Waals surface area contributed by atoms with Gasteiger partial charge in [0.1, 0.15) is 10.8 Å². The lowest BCUT2D eigenvalue weighted by molar-refractivity contribution is -0.137. The zero-order valence-electron chi connectivity index (χ0n) is 13.0. The van der Waals surface area contributed by atoms with Crippen LogP contribution in [-0.2, 0) is 6.18 Å². The maximum Gasteiger partial charge on any atom is 0.417 e. The molecule has 0 N–H and O–H groups in total. The van der Waals surface area contributed by atoms with Crippen LogP contribution in [0, 0.1) is 0 Å².